The molecular formula is C20H16Br2O. The van der Waals surface area contributed by atoms with Gasteiger partial charge in [0, 0.05) is 20.1 Å². The minimum atomic E-state index is 0.182. The lowest BCUT2D eigenvalue weighted by Gasteiger charge is -2.16. The predicted molar refractivity (Wildman–Crippen MR) is 103 cm³/mol. The lowest BCUT2D eigenvalue weighted by Crippen LogP contribution is -2.12. The molecule has 1 aliphatic carbocycles. The molecule has 1 fully saturated rings. The monoisotopic (exact) mass is 430 g/mol. The summed E-state index contributed by atoms with van der Waals surface area (Å²) >= 11 is 6.87. The first kappa shape index (κ1) is 16.4. The fourth-order valence-corrected chi connectivity index (χ4v) is 3.23. The second-order valence-electron chi connectivity index (χ2n) is 5.62. The van der Waals surface area contributed by atoms with Gasteiger partial charge >= 0.3 is 0 Å². The van der Waals surface area contributed by atoms with E-state index in [-0.39, 0.29) is 5.78 Å². The summed E-state index contributed by atoms with van der Waals surface area (Å²) < 4.78 is 2.09. The summed E-state index contributed by atoms with van der Waals surface area (Å²) in [7, 11) is 0. The summed E-state index contributed by atoms with van der Waals surface area (Å²) in [5.74, 6) is 0.182. The Morgan fingerprint density at radius 2 is 1.09 bits per heavy atom. The Morgan fingerprint density at radius 1 is 0.696 bits per heavy atom. The van der Waals surface area contributed by atoms with Crippen molar-refractivity contribution in [3.05, 3.63) is 79.7 Å². The highest BCUT2D eigenvalue weighted by Gasteiger charge is 2.20. The first-order valence-corrected chi connectivity index (χ1v) is 9.17. The number of halogens is 2. The van der Waals surface area contributed by atoms with Crippen LogP contribution in [0.2, 0.25) is 0 Å². The third-order valence-corrected chi connectivity index (χ3v) is 4.95. The van der Waals surface area contributed by atoms with Gasteiger partial charge in [0.05, 0.1) is 0 Å². The number of carbonyl (C=O) groups is 1. The minimum Gasteiger partial charge on any atom is -0.289 e. The van der Waals surface area contributed by atoms with Crippen molar-refractivity contribution in [2.45, 2.75) is 19.3 Å². The Hall–Kier alpha value is -1.45. The number of rotatable bonds is 2. The Balaban J connectivity index is 1.86. The number of benzene rings is 2. The van der Waals surface area contributed by atoms with Gasteiger partial charge in [-0.25, -0.2) is 0 Å². The van der Waals surface area contributed by atoms with Crippen molar-refractivity contribution in [2.75, 3.05) is 0 Å². The van der Waals surface area contributed by atoms with E-state index >= 15 is 0 Å². The van der Waals surface area contributed by atoms with Crippen LogP contribution in [0.15, 0.2) is 68.6 Å². The molecule has 2 aromatic rings. The molecule has 2 aromatic carbocycles. The molecule has 1 aliphatic rings. The molecule has 1 nitrogen and oxygen atoms in total. The van der Waals surface area contributed by atoms with Crippen LogP contribution >= 0.6 is 31.9 Å². The van der Waals surface area contributed by atoms with Gasteiger partial charge in [0.2, 0.25) is 0 Å². The number of Topliss-reactive ketones (excluding diaryl/α,β-unsaturated/α-hetero) is 1. The molecule has 3 rings (SSSR count). The number of hydrogen-bond donors (Lipinski definition) is 0. The van der Waals surface area contributed by atoms with Gasteiger partial charge in [-0.05, 0) is 66.8 Å². The quantitative estimate of drug-likeness (QED) is 0.500. The molecule has 3 heteroatoms. The molecule has 0 bridgehead atoms. The van der Waals surface area contributed by atoms with Gasteiger partial charge in [-0.15, -0.1) is 0 Å². The van der Waals surface area contributed by atoms with E-state index in [0.29, 0.717) is 0 Å². The van der Waals surface area contributed by atoms with Gasteiger partial charge in [0.15, 0.2) is 5.78 Å². The van der Waals surface area contributed by atoms with Gasteiger partial charge < -0.3 is 0 Å². The van der Waals surface area contributed by atoms with Gasteiger partial charge in [0.25, 0.3) is 0 Å². The first-order chi connectivity index (χ1) is 11.1. The number of allylic oxidation sites excluding steroid dienone is 2. The first-order valence-electron chi connectivity index (χ1n) is 7.59. The molecule has 0 heterocycles. The summed E-state index contributed by atoms with van der Waals surface area (Å²) in [6, 6.07) is 16.1. The standard InChI is InChI=1S/C20H16Br2O/c21-18-8-4-14(5-9-18)12-16-2-1-3-17(20(16)23)13-15-6-10-19(22)11-7-15/h4-13H,1-3H2. The highest BCUT2D eigenvalue weighted by atomic mass is 79.9. The number of carbonyl (C=O) groups excluding carboxylic acids is 1. The van der Waals surface area contributed by atoms with Crippen molar-refractivity contribution in [1.29, 1.82) is 0 Å². The molecule has 0 spiro atoms. The minimum absolute atomic E-state index is 0.182. The number of ketones is 1. The smallest absolute Gasteiger partial charge is 0.185 e. The van der Waals surface area contributed by atoms with E-state index in [2.05, 4.69) is 31.9 Å². The normalized spacial score (nSPS) is 18.6. The average molecular weight is 432 g/mol. The zero-order chi connectivity index (χ0) is 16.2. The van der Waals surface area contributed by atoms with Crippen LogP contribution in [0.1, 0.15) is 30.4 Å². The van der Waals surface area contributed by atoms with Crippen molar-refractivity contribution in [3.63, 3.8) is 0 Å². The largest absolute Gasteiger partial charge is 0.289 e. The van der Waals surface area contributed by atoms with Gasteiger partial charge in [0.1, 0.15) is 0 Å². The fourth-order valence-electron chi connectivity index (χ4n) is 2.70. The van der Waals surface area contributed by atoms with Gasteiger partial charge in [-0.1, -0.05) is 56.1 Å². The van der Waals surface area contributed by atoms with Crippen LogP contribution < -0.4 is 0 Å². The lowest BCUT2D eigenvalue weighted by molar-refractivity contribution is -0.112. The second-order valence-corrected chi connectivity index (χ2v) is 7.46. The molecule has 116 valence electrons. The molecule has 0 unspecified atom stereocenters. The van der Waals surface area contributed by atoms with Crippen LogP contribution in [-0.4, -0.2) is 5.78 Å². The van der Waals surface area contributed by atoms with E-state index in [1.54, 1.807) is 0 Å². The van der Waals surface area contributed by atoms with Crippen molar-refractivity contribution in [1.82, 2.24) is 0 Å². The SMILES string of the molecule is O=C1C(=Cc2ccc(Br)cc2)CCCC1=Cc1ccc(Br)cc1. The van der Waals surface area contributed by atoms with Gasteiger partial charge in [-0.2, -0.15) is 0 Å². The van der Waals surface area contributed by atoms with Crippen molar-refractivity contribution >= 4 is 49.8 Å². The van der Waals surface area contributed by atoms with Crippen LogP contribution in [-0.2, 0) is 4.79 Å². The highest BCUT2D eigenvalue weighted by Crippen LogP contribution is 2.28. The van der Waals surface area contributed by atoms with E-state index in [1.807, 2.05) is 60.7 Å². The molecule has 0 atom stereocenters. The van der Waals surface area contributed by atoms with Crippen molar-refractivity contribution < 1.29 is 4.79 Å². The van der Waals surface area contributed by atoms with E-state index in [1.165, 1.54) is 0 Å². The van der Waals surface area contributed by atoms with E-state index in [4.69, 9.17) is 0 Å². The zero-order valence-electron chi connectivity index (χ0n) is 12.6. The van der Waals surface area contributed by atoms with Crippen LogP contribution in [0.4, 0.5) is 0 Å². The molecule has 0 radical (unpaired) electrons. The van der Waals surface area contributed by atoms with Crippen LogP contribution in [0.25, 0.3) is 12.2 Å². The highest BCUT2D eigenvalue weighted by molar-refractivity contribution is 9.10. The maximum atomic E-state index is 12.7. The van der Waals surface area contributed by atoms with Crippen LogP contribution in [0.5, 0.6) is 0 Å². The van der Waals surface area contributed by atoms with Gasteiger partial charge in [-0.3, -0.25) is 4.79 Å². The maximum absolute atomic E-state index is 12.7. The Morgan fingerprint density at radius 3 is 1.48 bits per heavy atom. The summed E-state index contributed by atoms with van der Waals surface area (Å²) in [6.07, 6.45) is 6.77. The lowest BCUT2D eigenvalue weighted by atomic mass is 9.87. The second kappa shape index (κ2) is 7.41. The van der Waals surface area contributed by atoms with E-state index in [9.17, 15) is 4.79 Å². The van der Waals surface area contributed by atoms with Crippen LogP contribution in [0, 0.1) is 0 Å². The van der Waals surface area contributed by atoms with E-state index in [0.717, 1.165) is 50.5 Å². The predicted octanol–water partition coefficient (Wildman–Crippen LogP) is 6.43. The summed E-state index contributed by atoms with van der Waals surface area (Å²) in [4.78, 5) is 12.7. The summed E-state index contributed by atoms with van der Waals surface area (Å²) in [5, 5.41) is 0. The Labute approximate surface area is 153 Å². The summed E-state index contributed by atoms with van der Waals surface area (Å²) in [6.45, 7) is 0. The van der Waals surface area contributed by atoms with E-state index < -0.39 is 0 Å². The third-order valence-electron chi connectivity index (χ3n) is 3.90. The van der Waals surface area contributed by atoms with Crippen molar-refractivity contribution in [3.8, 4) is 0 Å². The van der Waals surface area contributed by atoms with Crippen LogP contribution in [0.3, 0.4) is 0 Å². The fraction of sp³-hybridized carbons (Fsp3) is 0.150. The molecular weight excluding hydrogens is 416 g/mol. The molecule has 0 aromatic heterocycles. The summed E-state index contributed by atoms with van der Waals surface area (Å²) in [5.41, 5.74) is 3.95. The van der Waals surface area contributed by atoms with Crippen molar-refractivity contribution in [2.24, 2.45) is 0 Å². The molecule has 0 amide bonds. The molecule has 0 N–H and O–H groups in total. The zero-order valence-corrected chi connectivity index (χ0v) is 15.7. The maximum Gasteiger partial charge on any atom is 0.185 e. The number of hydrogen-bond acceptors (Lipinski definition) is 1. The Kier molecular flexibility index (Phi) is 5.29. The topological polar surface area (TPSA) is 17.1 Å². The average Bonchev–Trinajstić information content (AvgIpc) is 2.55. The third kappa shape index (κ3) is 4.30. The molecule has 23 heavy (non-hydrogen) atoms. The molecule has 0 aliphatic heterocycles. The Bertz CT molecular complexity index is 703. The molecule has 1 saturated carbocycles. The molecule has 0 saturated heterocycles.